The minimum Gasteiger partial charge on any atom is -0.462 e. The van der Waals surface area contributed by atoms with Gasteiger partial charge in [-0.25, -0.2) is 9.78 Å². The van der Waals surface area contributed by atoms with Gasteiger partial charge in [-0.3, -0.25) is 9.78 Å². The van der Waals surface area contributed by atoms with E-state index in [4.69, 9.17) is 4.74 Å². The number of hydrogen-bond donors (Lipinski definition) is 1. The van der Waals surface area contributed by atoms with Crippen LogP contribution in [0.3, 0.4) is 0 Å². The molecule has 2 aromatic rings. The van der Waals surface area contributed by atoms with Gasteiger partial charge in [0.25, 0.3) is 0 Å². The third kappa shape index (κ3) is 5.02. The highest BCUT2D eigenvalue weighted by atomic mass is 32.2. The van der Waals surface area contributed by atoms with Crippen molar-refractivity contribution >= 4 is 40.0 Å². The van der Waals surface area contributed by atoms with Gasteiger partial charge in [0.2, 0.25) is 5.91 Å². The molecule has 0 saturated carbocycles. The Kier molecular flexibility index (Phi) is 6.95. The Morgan fingerprint density at radius 2 is 2.16 bits per heavy atom. The molecule has 1 N–H and O–H groups in total. The summed E-state index contributed by atoms with van der Waals surface area (Å²) in [6, 6.07) is 1.70. The maximum absolute atomic E-state index is 12.2. The lowest BCUT2D eigenvalue weighted by atomic mass is 10.2. The largest absolute Gasteiger partial charge is 0.462 e. The lowest BCUT2D eigenvalue weighted by Gasteiger charge is -2.09. The first-order valence-electron chi connectivity index (χ1n) is 7.86. The number of nitrogens with zero attached hydrogens (tertiary/aromatic N) is 2. The van der Waals surface area contributed by atoms with Crippen molar-refractivity contribution in [1.82, 2.24) is 9.97 Å². The Balaban J connectivity index is 2.21. The van der Waals surface area contributed by atoms with Crippen LogP contribution in [0.1, 0.15) is 29.9 Å². The summed E-state index contributed by atoms with van der Waals surface area (Å²) in [7, 11) is 0. The highest BCUT2D eigenvalue weighted by molar-refractivity contribution is 7.98. The topological polar surface area (TPSA) is 81.2 Å². The molecule has 0 radical (unpaired) electrons. The summed E-state index contributed by atoms with van der Waals surface area (Å²) in [5.74, 6) is 0.256. The third-order valence-corrected chi connectivity index (χ3v) is 5.35. The van der Waals surface area contributed by atoms with Crippen LogP contribution >= 0.6 is 23.1 Å². The van der Waals surface area contributed by atoms with Crippen LogP contribution in [0.4, 0.5) is 5.00 Å². The summed E-state index contributed by atoms with van der Waals surface area (Å²) < 4.78 is 4.99. The lowest BCUT2D eigenvalue weighted by Crippen LogP contribution is -2.21. The van der Waals surface area contributed by atoms with E-state index in [2.05, 4.69) is 15.3 Å². The molecule has 2 rings (SSSR count). The van der Waals surface area contributed by atoms with Gasteiger partial charge in [-0.15, -0.1) is 0 Å². The highest BCUT2D eigenvalue weighted by Gasteiger charge is 2.17. The Morgan fingerprint density at radius 1 is 1.40 bits per heavy atom. The number of aromatic nitrogens is 2. The van der Waals surface area contributed by atoms with Crippen LogP contribution < -0.4 is 5.32 Å². The van der Waals surface area contributed by atoms with E-state index in [-0.39, 0.29) is 11.8 Å². The molecule has 8 heteroatoms. The van der Waals surface area contributed by atoms with Gasteiger partial charge in [0.15, 0.2) is 0 Å². The maximum Gasteiger partial charge on any atom is 0.339 e. The number of anilines is 1. The number of ether oxygens (including phenoxy) is 1. The molecule has 6 nitrogen and oxygen atoms in total. The zero-order valence-corrected chi connectivity index (χ0v) is 16.3. The minimum absolute atomic E-state index is 0.0222. The number of aryl methyl sites for hydroxylation is 1. The van der Waals surface area contributed by atoms with Gasteiger partial charge in [0.1, 0.15) is 10.0 Å². The van der Waals surface area contributed by atoms with E-state index in [0.29, 0.717) is 17.2 Å². The molecule has 0 saturated heterocycles. The second kappa shape index (κ2) is 8.96. The lowest BCUT2D eigenvalue weighted by molar-refractivity contribution is -0.118. The molecule has 2 aromatic heterocycles. The van der Waals surface area contributed by atoms with Gasteiger partial charge in [0.05, 0.1) is 17.9 Å². The molecule has 25 heavy (non-hydrogen) atoms. The summed E-state index contributed by atoms with van der Waals surface area (Å²) in [6.45, 7) is 5.81. The first kappa shape index (κ1) is 19.4. The van der Waals surface area contributed by atoms with E-state index in [1.165, 1.54) is 17.5 Å². The van der Waals surface area contributed by atoms with Crippen molar-refractivity contribution in [1.29, 1.82) is 0 Å². The standard InChI is InChI=1S/C17H21N3O3S2/c1-5-23-17(22)13-6-12(7-18-8-13)16-19-11(3)15(25-16)20-14(21)10(2)9-24-4/h6-8,10H,5,9H2,1-4H3,(H,20,21). The molecular formula is C17H21N3O3S2. The van der Waals surface area contributed by atoms with E-state index < -0.39 is 5.97 Å². The fraction of sp³-hybridized carbons (Fsp3) is 0.412. The molecule has 0 aliphatic carbocycles. The number of hydrogen-bond acceptors (Lipinski definition) is 7. The molecule has 0 spiro atoms. The Labute approximate surface area is 155 Å². The molecule has 1 amide bonds. The van der Waals surface area contributed by atoms with E-state index in [0.717, 1.165) is 22.0 Å². The number of thioether (sulfide) groups is 1. The summed E-state index contributed by atoms with van der Waals surface area (Å²) in [5, 5.41) is 4.35. The van der Waals surface area contributed by atoms with Gasteiger partial charge in [-0.1, -0.05) is 18.3 Å². The SMILES string of the molecule is CCOC(=O)c1cncc(-c2nc(C)c(NC(=O)C(C)CSC)s2)c1. The quantitative estimate of drug-likeness (QED) is 0.740. The molecule has 134 valence electrons. The van der Waals surface area contributed by atoms with Crippen molar-refractivity contribution < 1.29 is 14.3 Å². The minimum atomic E-state index is -0.412. The van der Waals surface area contributed by atoms with E-state index in [1.54, 1.807) is 30.9 Å². The van der Waals surface area contributed by atoms with Crippen LogP contribution in [0.25, 0.3) is 10.6 Å². The molecule has 0 bridgehead atoms. The molecule has 1 unspecified atom stereocenters. The number of rotatable bonds is 7. The number of thiazole rings is 1. The number of pyridine rings is 1. The third-order valence-electron chi connectivity index (χ3n) is 3.39. The fourth-order valence-corrected chi connectivity index (χ4v) is 3.68. The van der Waals surface area contributed by atoms with E-state index in [1.807, 2.05) is 20.1 Å². The summed E-state index contributed by atoms with van der Waals surface area (Å²) >= 11 is 3.01. The predicted molar refractivity (Wildman–Crippen MR) is 102 cm³/mol. The van der Waals surface area contributed by atoms with Crippen molar-refractivity contribution in [2.24, 2.45) is 5.92 Å². The molecular weight excluding hydrogens is 358 g/mol. The van der Waals surface area contributed by atoms with E-state index >= 15 is 0 Å². The Hall–Kier alpha value is -1.93. The summed E-state index contributed by atoms with van der Waals surface area (Å²) in [6.07, 6.45) is 5.08. The zero-order chi connectivity index (χ0) is 18.4. The average Bonchev–Trinajstić information content (AvgIpc) is 2.96. The van der Waals surface area contributed by atoms with Crippen LogP contribution in [0.15, 0.2) is 18.5 Å². The summed E-state index contributed by atoms with van der Waals surface area (Å²) in [5.41, 5.74) is 1.84. The van der Waals surface area contributed by atoms with Gasteiger partial charge in [-0.05, 0) is 26.2 Å². The van der Waals surface area contributed by atoms with Crippen molar-refractivity contribution in [2.75, 3.05) is 23.9 Å². The van der Waals surface area contributed by atoms with Crippen LogP contribution in [-0.2, 0) is 9.53 Å². The predicted octanol–water partition coefficient (Wildman–Crippen LogP) is 3.63. The fourth-order valence-electron chi connectivity index (χ4n) is 2.08. The van der Waals surface area contributed by atoms with Crippen molar-refractivity contribution in [3.63, 3.8) is 0 Å². The van der Waals surface area contributed by atoms with E-state index in [9.17, 15) is 9.59 Å². The zero-order valence-electron chi connectivity index (χ0n) is 14.7. The number of amides is 1. The van der Waals surface area contributed by atoms with Crippen LogP contribution in [-0.4, -0.2) is 40.5 Å². The molecule has 0 aromatic carbocycles. The number of nitrogens with one attached hydrogen (secondary N) is 1. The van der Waals surface area contributed by atoms with Gasteiger partial charge >= 0.3 is 5.97 Å². The molecule has 1 atom stereocenters. The molecule has 0 fully saturated rings. The number of carbonyl (C=O) groups is 2. The van der Waals surface area contributed by atoms with Crippen molar-refractivity contribution in [2.45, 2.75) is 20.8 Å². The smallest absolute Gasteiger partial charge is 0.339 e. The molecule has 2 heterocycles. The molecule has 0 aliphatic heterocycles. The monoisotopic (exact) mass is 379 g/mol. The molecule has 0 aliphatic rings. The first-order valence-corrected chi connectivity index (χ1v) is 10.1. The van der Waals surface area contributed by atoms with Gasteiger partial charge in [0, 0.05) is 29.6 Å². The van der Waals surface area contributed by atoms with Crippen molar-refractivity contribution in [3.8, 4) is 10.6 Å². The summed E-state index contributed by atoms with van der Waals surface area (Å²) in [4.78, 5) is 32.6. The van der Waals surface area contributed by atoms with Crippen LogP contribution in [0.2, 0.25) is 0 Å². The average molecular weight is 380 g/mol. The second-order valence-corrected chi connectivity index (χ2v) is 7.37. The van der Waals surface area contributed by atoms with Crippen molar-refractivity contribution in [3.05, 3.63) is 29.7 Å². The van der Waals surface area contributed by atoms with Crippen LogP contribution in [0.5, 0.6) is 0 Å². The Bertz CT molecular complexity index is 761. The highest BCUT2D eigenvalue weighted by Crippen LogP contribution is 2.32. The normalized spacial score (nSPS) is 11.8. The number of carbonyl (C=O) groups excluding carboxylic acids is 2. The number of esters is 1. The first-order chi connectivity index (χ1) is 12.0. The van der Waals surface area contributed by atoms with Gasteiger partial charge in [-0.2, -0.15) is 11.8 Å². The maximum atomic E-state index is 12.2. The Morgan fingerprint density at radius 3 is 2.84 bits per heavy atom. The van der Waals surface area contributed by atoms with Gasteiger partial charge < -0.3 is 10.1 Å². The second-order valence-electron chi connectivity index (χ2n) is 5.46. The van der Waals surface area contributed by atoms with Crippen LogP contribution in [0, 0.1) is 12.8 Å².